The molecule has 1 aromatic carbocycles. The molecule has 0 atom stereocenters. The standard InChI is InChI=1S/C14H16N4S/c15-14(19)17-16-7-11-9-18(8-10-5-6-10)13-4-2-1-3-12(11)13/h1-4,7,9-10H,5-6,8H2,(H3,15,17,19). The highest BCUT2D eigenvalue weighted by Gasteiger charge is 2.22. The Kier molecular flexibility index (Phi) is 3.21. The van der Waals surface area contributed by atoms with Gasteiger partial charge in [-0.3, -0.25) is 5.43 Å². The Bertz CT molecular complexity index is 640. The van der Waals surface area contributed by atoms with Gasteiger partial charge >= 0.3 is 0 Å². The van der Waals surface area contributed by atoms with E-state index in [0.717, 1.165) is 18.0 Å². The first-order valence-electron chi connectivity index (χ1n) is 6.40. The Hall–Kier alpha value is -1.88. The van der Waals surface area contributed by atoms with Crippen molar-refractivity contribution in [2.24, 2.45) is 16.8 Å². The summed E-state index contributed by atoms with van der Waals surface area (Å²) in [4.78, 5) is 0. The van der Waals surface area contributed by atoms with Crippen molar-refractivity contribution >= 4 is 34.4 Å². The van der Waals surface area contributed by atoms with E-state index in [4.69, 9.17) is 18.0 Å². The molecule has 19 heavy (non-hydrogen) atoms. The molecule has 98 valence electrons. The number of nitrogens with one attached hydrogen (secondary N) is 1. The highest BCUT2D eigenvalue weighted by atomic mass is 32.1. The van der Waals surface area contributed by atoms with Crippen molar-refractivity contribution in [1.82, 2.24) is 9.99 Å². The maximum atomic E-state index is 5.35. The van der Waals surface area contributed by atoms with Gasteiger partial charge in [0.2, 0.25) is 0 Å². The summed E-state index contributed by atoms with van der Waals surface area (Å²) >= 11 is 4.73. The van der Waals surface area contributed by atoms with Crippen LogP contribution < -0.4 is 11.2 Å². The Labute approximate surface area is 117 Å². The van der Waals surface area contributed by atoms with E-state index in [2.05, 4.69) is 39.5 Å². The molecule has 3 N–H and O–H groups in total. The molecule has 0 saturated heterocycles. The Morgan fingerprint density at radius 1 is 1.47 bits per heavy atom. The molecule has 1 heterocycles. The number of aromatic nitrogens is 1. The van der Waals surface area contributed by atoms with Crippen LogP contribution >= 0.6 is 12.2 Å². The number of hydrogen-bond acceptors (Lipinski definition) is 2. The van der Waals surface area contributed by atoms with Crippen molar-refractivity contribution < 1.29 is 0 Å². The number of thiocarbonyl (C=S) groups is 1. The molecular weight excluding hydrogens is 256 g/mol. The van der Waals surface area contributed by atoms with Crippen molar-refractivity contribution in [2.75, 3.05) is 0 Å². The van der Waals surface area contributed by atoms with Gasteiger partial charge in [-0.1, -0.05) is 18.2 Å². The summed E-state index contributed by atoms with van der Waals surface area (Å²) in [5.74, 6) is 0.843. The summed E-state index contributed by atoms with van der Waals surface area (Å²) in [6.07, 6.45) is 6.61. The van der Waals surface area contributed by atoms with Gasteiger partial charge < -0.3 is 10.3 Å². The van der Waals surface area contributed by atoms with E-state index in [1.807, 2.05) is 6.07 Å². The zero-order valence-corrected chi connectivity index (χ0v) is 11.4. The topological polar surface area (TPSA) is 55.3 Å². The van der Waals surface area contributed by atoms with Gasteiger partial charge in [0.15, 0.2) is 5.11 Å². The summed E-state index contributed by atoms with van der Waals surface area (Å²) in [5.41, 5.74) is 10.3. The van der Waals surface area contributed by atoms with Crippen LogP contribution in [0.4, 0.5) is 0 Å². The van der Waals surface area contributed by atoms with Gasteiger partial charge in [-0.2, -0.15) is 5.10 Å². The number of hydrazone groups is 1. The molecule has 1 saturated carbocycles. The molecule has 1 aliphatic carbocycles. The summed E-state index contributed by atoms with van der Waals surface area (Å²) in [6.45, 7) is 1.09. The molecule has 0 aliphatic heterocycles. The Balaban J connectivity index is 1.94. The first-order chi connectivity index (χ1) is 9.24. The van der Waals surface area contributed by atoms with Gasteiger partial charge in [0.05, 0.1) is 6.21 Å². The van der Waals surface area contributed by atoms with Gasteiger partial charge in [-0.25, -0.2) is 0 Å². The van der Waals surface area contributed by atoms with E-state index in [9.17, 15) is 0 Å². The average Bonchev–Trinajstić information content (AvgIpc) is 3.13. The molecule has 1 aliphatic rings. The van der Waals surface area contributed by atoms with Crippen molar-refractivity contribution in [3.63, 3.8) is 0 Å². The fraction of sp³-hybridized carbons (Fsp3) is 0.286. The molecule has 0 radical (unpaired) electrons. The molecule has 0 unspecified atom stereocenters. The fourth-order valence-electron chi connectivity index (χ4n) is 2.27. The van der Waals surface area contributed by atoms with Crippen LogP contribution in [0.5, 0.6) is 0 Å². The first-order valence-corrected chi connectivity index (χ1v) is 6.81. The van der Waals surface area contributed by atoms with Gasteiger partial charge in [-0.05, 0) is 37.0 Å². The van der Waals surface area contributed by atoms with Crippen LogP contribution in [0.2, 0.25) is 0 Å². The SMILES string of the molecule is NC(=S)NN=Cc1cn(CC2CC2)c2ccccc12. The zero-order chi connectivity index (χ0) is 13.2. The van der Waals surface area contributed by atoms with Crippen LogP contribution in [0.1, 0.15) is 18.4 Å². The minimum Gasteiger partial charge on any atom is -0.375 e. The number of fused-ring (bicyclic) bond motifs is 1. The van der Waals surface area contributed by atoms with Crippen LogP contribution in [0.3, 0.4) is 0 Å². The van der Waals surface area contributed by atoms with E-state index in [1.54, 1.807) is 6.21 Å². The quantitative estimate of drug-likeness (QED) is 0.510. The Morgan fingerprint density at radius 2 is 2.26 bits per heavy atom. The lowest BCUT2D eigenvalue weighted by Gasteiger charge is -2.02. The highest BCUT2D eigenvalue weighted by molar-refractivity contribution is 7.80. The fourth-order valence-corrected chi connectivity index (χ4v) is 2.33. The second-order valence-electron chi connectivity index (χ2n) is 4.93. The van der Waals surface area contributed by atoms with Crippen LogP contribution in [0, 0.1) is 5.92 Å². The lowest BCUT2D eigenvalue weighted by atomic mass is 10.2. The number of benzene rings is 1. The third kappa shape index (κ3) is 2.76. The lowest BCUT2D eigenvalue weighted by Crippen LogP contribution is -2.23. The minimum atomic E-state index is 0.179. The molecule has 2 aromatic rings. The number of para-hydroxylation sites is 1. The van der Waals surface area contributed by atoms with Crippen molar-refractivity contribution in [1.29, 1.82) is 0 Å². The summed E-state index contributed by atoms with van der Waals surface area (Å²) in [5, 5.41) is 5.43. The summed E-state index contributed by atoms with van der Waals surface area (Å²) in [6, 6.07) is 8.37. The predicted molar refractivity (Wildman–Crippen MR) is 82.2 cm³/mol. The third-order valence-electron chi connectivity index (χ3n) is 3.35. The minimum absolute atomic E-state index is 0.179. The van der Waals surface area contributed by atoms with Crippen molar-refractivity contribution in [2.45, 2.75) is 19.4 Å². The second kappa shape index (κ2) is 5.01. The van der Waals surface area contributed by atoms with Gasteiger partial charge in [0, 0.05) is 29.2 Å². The van der Waals surface area contributed by atoms with Crippen molar-refractivity contribution in [3.8, 4) is 0 Å². The van der Waals surface area contributed by atoms with Crippen LogP contribution in [-0.2, 0) is 6.54 Å². The molecular formula is C14H16N4S. The molecule has 1 aromatic heterocycles. The normalized spacial score (nSPS) is 15.2. The van der Waals surface area contributed by atoms with Gasteiger partial charge in [0.25, 0.3) is 0 Å². The zero-order valence-electron chi connectivity index (χ0n) is 10.5. The first kappa shape index (κ1) is 12.2. The van der Waals surface area contributed by atoms with Crippen LogP contribution in [0.25, 0.3) is 10.9 Å². The summed E-state index contributed by atoms with van der Waals surface area (Å²) < 4.78 is 2.31. The van der Waals surface area contributed by atoms with E-state index >= 15 is 0 Å². The molecule has 3 rings (SSSR count). The van der Waals surface area contributed by atoms with Gasteiger partial charge in [-0.15, -0.1) is 0 Å². The predicted octanol–water partition coefficient (Wildman–Crippen LogP) is 2.22. The smallest absolute Gasteiger partial charge is 0.184 e. The monoisotopic (exact) mass is 272 g/mol. The summed E-state index contributed by atoms with van der Waals surface area (Å²) in [7, 11) is 0. The molecule has 0 bridgehead atoms. The number of rotatable bonds is 4. The number of nitrogens with zero attached hydrogens (tertiary/aromatic N) is 2. The van der Waals surface area contributed by atoms with Crippen LogP contribution in [-0.4, -0.2) is 15.9 Å². The third-order valence-corrected chi connectivity index (χ3v) is 3.44. The lowest BCUT2D eigenvalue weighted by molar-refractivity contribution is 0.647. The van der Waals surface area contributed by atoms with Crippen molar-refractivity contribution in [3.05, 3.63) is 36.0 Å². The van der Waals surface area contributed by atoms with E-state index in [0.29, 0.717) is 0 Å². The maximum absolute atomic E-state index is 5.35. The largest absolute Gasteiger partial charge is 0.375 e. The van der Waals surface area contributed by atoms with Crippen LogP contribution in [0.15, 0.2) is 35.6 Å². The van der Waals surface area contributed by atoms with E-state index in [-0.39, 0.29) is 5.11 Å². The molecule has 5 heteroatoms. The maximum Gasteiger partial charge on any atom is 0.184 e. The average molecular weight is 272 g/mol. The second-order valence-corrected chi connectivity index (χ2v) is 5.37. The Morgan fingerprint density at radius 3 is 3.00 bits per heavy atom. The number of nitrogens with two attached hydrogens (primary N) is 1. The number of hydrogen-bond donors (Lipinski definition) is 2. The van der Waals surface area contributed by atoms with Gasteiger partial charge in [0.1, 0.15) is 0 Å². The van der Waals surface area contributed by atoms with E-state index in [1.165, 1.54) is 23.7 Å². The molecule has 0 spiro atoms. The van der Waals surface area contributed by atoms with E-state index < -0.39 is 0 Å². The molecule has 1 fully saturated rings. The molecule has 0 amide bonds. The molecule has 4 nitrogen and oxygen atoms in total. The highest BCUT2D eigenvalue weighted by Crippen LogP contribution is 2.32.